The van der Waals surface area contributed by atoms with Crippen molar-refractivity contribution in [2.75, 3.05) is 0 Å². The molecule has 82 valence electrons. The van der Waals surface area contributed by atoms with Gasteiger partial charge in [0.15, 0.2) is 0 Å². The molecule has 2 nitrogen and oxygen atoms in total. The van der Waals surface area contributed by atoms with Crippen LogP contribution in [0.1, 0.15) is 38.8 Å². The van der Waals surface area contributed by atoms with Crippen molar-refractivity contribution in [2.24, 2.45) is 5.16 Å². The van der Waals surface area contributed by atoms with E-state index in [0.29, 0.717) is 0 Å². The summed E-state index contributed by atoms with van der Waals surface area (Å²) in [6.07, 6.45) is 2.81. The summed E-state index contributed by atoms with van der Waals surface area (Å²) in [7, 11) is 0. The van der Waals surface area contributed by atoms with E-state index in [1.807, 2.05) is 32.9 Å². The van der Waals surface area contributed by atoms with Crippen molar-refractivity contribution in [2.45, 2.75) is 39.7 Å². The lowest BCUT2D eigenvalue weighted by Crippen LogP contribution is -2.15. The highest BCUT2D eigenvalue weighted by atomic mass is 16.6. The molecule has 0 atom stereocenters. The van der Waals surface area contributed by atoms with Crippen molar-refractivity contribution in [3.05, 3.63) is 35.4 Å². The summed E-state index contributed by atoms with van der Waals surface area (Å²) in [6, 6.07) is 8.32. The lowest BCUT2D eigenvalue weighted by atomic mass is 10.1. The highest BCUT2D eigenvalue weighted by Crippen LogP contribution is 2.07. The molecule has 1 rings (SSSR count). The molecule has 1 aromatic carbocycles. The molecular formula is C13H19NO. The molecule has 0 fully saturated rings. The van der Waals surface area contributed by atoms with Gasteiger partial charge >= 0.3 is 0 Å². The van der Waals surface area contributed by atoms with Crippen molar-refractivity contribution < 1.29 is 4.84 Å². The number of rotatable bonds is 3. The first-order chi connectivity index (χ1) is 7.01. The molecule has 1 aromatic rings. The molecule has 0 heterocycles. The molecule has 0 saturated carbocycles. The Balaban J connectivity index is 2.57. The summed E-state index contributed by atoms with van der Waals surface area (Å²) in [6.45, 7) is 8.07. The largest absolute Gasteiger partial charge is 0.390 e. The average molecular weight is 205 g/mol. The van der Waals surface area contributed by atoms with Gasteiger partial charge < -0.3 is 4.84 Å². The summed E-state index contributed by atoms with van der Waals surface area (Å²) >= 11 is 0. The van der Waals surface area contributed by atoms with E-state index >= 15 is 0 Å². The van der Waals surface area contributed by atoms with Gasteiger partial charge in [-0.05, 0) is 38.3 Å². The van der Waals surface area contributed by atoms with E-state index in [0.717, 1.165) is 12.0 Å². The third kappa shape index (κ3) is 4.63. The Bertz CT molecular complexity index is 319. The van der Waals surface area contributed by atoms with Crippen LogP contribution in [0.25, 0.3) is 0 Å². The Kier molecular flexibility index (Phi) is 3.89. The van der Waals surface area contributed by atoms with Crippen LogP contribution in [0.15, 0.2) is 29.4 Å². The molecule has 0 radical (unpaired) electrons. The van der Waals surface area contributed by atoms with Crippen molar-refractivity contribution >= 4 is 6.21 Å². The fourth-order valence-electron chi connectivity index (χ4n) is 1.08. The van der Waals surface area contributed by atoms with Gasteiger partial charge in [0.25, 0.3) is 0 Å². The topological polar surface area (TPSA) is 21.6 Å². The number of hydrogen-bond acceptors (Lipinski definition) is 2. The number of oxime groups is 1. The lowest BCUT2D eigenvalue weighted by molar-refractivity contribution is 0.00199. The van der Waals surface area contributed by atoms with Gasteiger partial charge in [0, 0.05) is 0 Å². The molecule has 15 heavy (non-hydrogen) atoms. The molecule has 0 amide bonds. The normalized spacial score (nSPS) is 12.0. The van der Waals surface area contributed by atoms with E-state index in [1.165, 1.54) is 5.56 Å². The van der Waals surface area contributed by atoms with Gasteiger partial charge in [0.1, 0.15) is 5.60 Å². The zero-order valence-corrected chi connectivity index (χ0v) is 9.95. The van der Waals surface area contributed by atoms with E-state index in [2.05, 4.69) is 24.2 Å². The van der Waals surface area contributed by atoms with E-state index in [9.17, 15) is 0 Å². The van der Waals surface area contributed by atoms with Crippen LogP contribution in [-0.2, 0) is 11.3 Å². The summed E-state index contributed by atoms with van der Waals surface area (Å²) in [5.41, 5.74) is 2.18. The number of hydrogen-bond donors (Lipinski definition) is 0. The molecule has 0 aliphatic rings. The Labute approximate surface area is 91.9 Å². The highest BCUT2D eigenvalue weighted by Gasteiger charge is 2.08. The molecule has 0 spiro atoms. The predicted molar refractivity (Wildman–Crippen MR) is 64.3 cm³/mol. The third-order valence-electron chi connectivity index (χ3n) is 1.92. The first-order valence-corrected chi connectivity index (χ1v) is 5.32. The van der Waals surface area contributed by atoms with Crippen LogP contribution in [0.4, 0.5) is 0 Å². The molecular weight excluding hydrogens is 186 g/mol. The predicted octanol–water partition coefficient (Wildman–Crippen LogP) is 3.40. The molecule has 0 saturated heterocycles. The van der Waals surface area contributed by atoms with Crippen LogP contribution in [0.5, 0.6) is 0 Å². The van der Waals surface area contributed by atoms with Gasteiger partial charge in [-0.1, -0.05) is 36.3 Å². The molecule has 0 aliphatic carbocycles. The number of benzene rings is 1. The van der Waals surface area contributed by atoms with Gasteiger partial charge in [-0.25, -0.2) is 0 Å². The first kappa shape index (κ1) is 11.8. The first-order valence-electron chi connectivity index (χ1n) is 5.32. The maximum atomic E-state index is 5.26. The maximum Gasteiger partial charge on any atom is 0.129 e. The van der Waals surface area contributed by atoms with Crippen LogP contribution in [0, 0.1) is 0 Å². The van der Waals surface area contributed by atoms with Crippen LogP contribution in [-0.4, -0.2) is 11.8 Å². The van der Waals surface area contributed by atoms with Crippen molar-refractivity contribution in [3.63, 3.8) is 0 Å². The van der Waals surface area contributed by atoms with Crippen molar-refractivity contribution in [1.82, 2.24) is 0 Å². The van der Waals surface area contributed by atoms with Crippen LogP contribution >= 0.6 is 0 Å². The number of aryl methyl sites for hydroxylation is 1. The Morgan fingerprint density at radius 3 is 2.27 bits per heavy atom. The minimum atomic E-state index is -0.222. The van der Waals surface area contributed by atoms with E-state index in [-0.39, 0.29) is 5.60 Å². The van der Waals surface area contributed by atoms with E-state index < -0.39 is 0 Å². The maximum absolute atomic E-state index is 5.26. The zero-order chi connectivity index (χ0) is 11.3. The summed E-state index contributed by atoms with van der Waals surface area (Å²) in [5.74, 6) is 0. The molecule has 0 aliphatic heterocycles. The standard InChI is InChI=1S/C13H19NO/c1-5-11-6-8-12(9-7-11)10-14-15-13(2,3)4/h6-10H,5H2,1-4H3. The SMILES string of the molecule is CCc1ccc(C=NOC(C)(C)C)cc1. The Morgan fingerprint density at radius 2 is 1.80 bits per heavy atom. The minimum Gasteiger partial charge on any atom is -0.390 e. The molecule has 0 unspecified atom stereocenters. The highest BCUT2D eigenvalue weighted by molar-refractivity contribution is 5.79. The number of nitrogens with zero attached hydrogens (tertiary/aromatic N) is 1. The second kappa shape index (κ2) is 4.96. The molecule has 2 heteroatoms. The van der Waals surface area contributed by atoms with Gasteiger partial charge in [-0.3, -0.25) is 0 Å². The fourth-order valence-corrected chi connectivity index (χ4v) is 1.08. The van der Waals surface area contributed by atoms with Crippen molar-refractivity contribution in [1.29, 1.82) is 0 Å². The third-order valence-corrected chi connectivity index (χ3v) is 1.92. The minimum absolute atomic E-state index is 0.222. The summed E-state index contributed by atoms with van der Waals surface area (Å²) in [4.78, 5) is 5.26. The molecule has 0 bridgehead atoms. The van der Waals surface area contributed by atoms with E-state index in [4.69, 9.17) is 4.84 Å². The second-order valence-electron chi connectivity index (χ2n) is 4.53. The van der Waals surface area contributed by atoms with Gasteiger partial charge in [0.05, 0.1) is 6.21 Å². The van der Waals surface area contributed by atoms with Gasteiger partial charge in [-0.2, -0.15) is 0 Å². The van der Waals surface area contributed by atoms with E-state index in [1.54, 1.807) is 6.21 Å². The fraction of sp³-hybridized carbons (Fsp3) is 0.462. The summed E-state index contributed by atoms with van der Waals surface area (Å²) in [5, 5.41) is 3.94. The monoisotopic (exact) mass is 205 g/mol. The van der Waals surface area contributed by atoms with Gasteiger partial charge in [-0.15, -0.1) is 0 Å². The molecule has 0 N–H and O–H groups in total. The second-order valence-corrected chi connectivity index (χ2v) is 4.53. The lowest BCUT2D eigenvalue weighted by Gasteiger charge is -2.14. The molecule has 0 aromatic heterocycles. The summed E-state index contributed by atoms with van der Waals surface area (Å²) < 4.78 is 0. The van der Waals surface area contributed by atoms with Crippen molar-refractivity contribution in [3.8, 4) is 0 Å². The Morgan fingerprint density at radius 1 is 1.20 bits per heavy atom. The van der Waals surface area contributed by atoms with Crippen LogP contribution < -0.4 is 0 Å². The van der Waals surface area contributed by atoms with Crippen LogP contribution in [0.3, 0.4) is 0 Å². The van der Waals surface area contributed by atoms with Gasteiger partial charge in [0.2, 0.25) is 0 Å². The zero-order valence-electron chi connectivity index (χ0n) is 9.95. The van der Waals surface area contributed by atoms with Crippen LogP contribution in [0.2, 0.25) is 0 Å². The Hall–Kier alpha value is -1.31. The smallest absolute Gasteiger partial charge is 0.129 e. The average Bonchev–Trinajstić information content (AvgIpc) is 2.17. The quantitative estimate of drug-likeness (QED) is 0.547.